The van der Waals surface area contributed by atoms with E-state index < -0.39 is 0 Å². The SMILES string of the molecule is C=C(C)CC(N)C1CCC(CC)CC1. The Morgan fingerprint density at radius 3 is 2.36 bits per heavy atom. The molecule has 1 rings (SSSR count). The minimum atomic E-state index is 0.366. The molecule has 2 N–H and O–H groups in total. The molecule has 0 amide bonds. The first kappa shape index (κ1) is 11.8. The fourth-order valence-electron chi connectivity index (χ4n) is 2.59. The maximum absolute atomic E-state index is 6.18. The molecule has 0 aromatic rings. The summed E-state index contributed by atoms with van der Waals surface area (Å²) in [5.74, 6) is 1.73. The van der Waals surface area contributed by atoms with Gasteiger partial charge < -0.3 is 5.73 Å². The first-order valence-electron chi connectivity index (χ1n) is 6.03. The highest BCUT2D eigenvalue weighted by Gasteiger charge is 2.24. The van der Waals surface area contributed by atoms with Crippen LogP contribution in [0.3, 0.4) is 0 Å². The Kier molecular flexibility index (Phi) is 4.67. The molecule has 1 aliphatic carbocycles. The van der Waals surface area contributed by atoms with Gasteiger partial charge in [0, 0.05) is 6.04 Å². The van der Waals surface area contributed by atoms with Crippen LogP contribution >= 0.6 is 0 Å². The van der Waals surface area contributed by atoms with E-state index in [1.807, 2.05) is 0 Å². The van der Waals surface area contributed by atoms with Crippen molar-refractivity contribution >= 4 is 0 Å². The van der Waals surface area contributed by atoms with E-state index in [0.29, 0.717) is 6.04 Å². The number of rotatable bonds is 4. The van der Waals surface area contributed by atoms with Gasteiger partial charge >= 0.3 is 0 Å². The van der Waals surface area contributed by atoms with Gasteiger partial charge in [-0.1, -0.05) is 31.8 Å². The summed E-state index contributed by atoms with van der Waals surface area (Å²) in [5.41, 5.74) is 7.41. The number of nitrogens with two attached hydrogens (primary N) is 1. The molecule has 1 atom stereocenters. The van der Waals surface area contributed by atoms with E-state index in [0.717, 1.165) is 18.3 Å². The van der Waals surface area contributed by atoms with Crippen LogP contribution in [-0.4, -0.2) is 6.04 Å². The molecule has 1 unspecified atom stereocenters. The topological polar surface area (TPSA) is 26.0 Å². The molecule has 1 aliphatic rings. The molecule has 0 spiro atoms. The molecule has 1 fully saturated rings. The first-order valence-corrected chi connectivity index (χ1v) is 6.03. The van der Waals surface area contributed by atoms with Gasteiger partial charge in [-0.3, -0.25) is 0 Å². The van der Waals surface area contributed by atoms with Gasteiger partial charge in [0.1, 0.15) is 0 Å². The van der Waals surface area contributed by atoms with E-state index in [1.54, 1.807) is 0 Å². The van der Waals surface area contributed by atoms with Gasteiger partial charge in [-0.15, -0.1) is 6.58 Å². The summed E-state index contributed by atoms with van der Waals surface area (Å²) in [6.07, 6.45) is 7.83. The van der Waals surface area contributed by atoms with Crippen molar-refractivity contribution in [3.8, 4) is 0 Å². The van der Waals surface area contributed by atoms with E-state index >= 15 is 0 Å². The lowest BCUT2D eigenvalue weighted by molar-refractivity contribution is 0.238. The molecule has 1 saturated carbocycles. The second-order valence-corrected chi connectivity index (χ2v) is 5.01. The van der Waals surface area contributed by atoms with Crippen molar-refractivity contribution in [1.29, 1.82) is 0 Å². The minimum absolute atomic E-state index is 0.366. The number of hydrogen-bond acceptors (Lipinski definition) is 1. The molecular weight excluding hydrogens is 170 g/mol. The van der Waals surface area contributed by atoms with Crippen molar-refractivity contribution in [2.45, 2.75) is 58.4 Å². The summed E-state index contributed by atoms with van der Waals surface area (Å²) in [6.45, 7) is 8.33. The predicted molar refractivity (Wildman–Crippen MR) is 63.1 cm³/mol. The third kappa shape index (κ3) is 3.45. The molecule has 14 heavy (non-hydrogen) atoms. The van der Waals surface area contributed by atoms with Crippen LogP contribution in [0.4, 0.5) is 0 Å². The van der Waals surface area contributed by atoms with Crippen molar-refractivity contribution in [3.63, 3.8) is 0 Å². The molecule has 0 aromatic carbocycles. The average Bonchev–Trinajstić information content (AvgIpc) is 2.17. The summed E-state index contributed by atoms with van der Waals surface area (Å²) in [5, 5.41) is 0. The smallest absolute Gasteiger partial charge is 0.0104 e. The maximum Gasteiger partial charge on any atom is 0.0104 e. The van der Waals surface area contributed by atoms with Crippen LogP contribution in [0, 0.1) is 11.8 Å². The second-order valence-electron chi connectivity index (χ2n) is 5.01. The van der Waals surface area contributed by atoms with Gasteiger partial charge in [0.25, 0.3) is 0 Å². The maximum atomic E-state index is 6.18. The van der Waals surface area contributed by atoms with Gasteiger partial charge in [-0.05, 0) is 38.0 Å². The molecule has 0 bridgehead atoms. The van der Waals surface area contributed by atoms with E-state index in [-0.39, 0.29) is 0 Å². The molecule has 0 aliphatic heterocycles. The number of hydrogen-bond donors (Lipinski definition) is 1. The molecule has 0 radical (unpaired) electrons. The minimum Gasteiger partial charge on any atom is -0.327 e. The molecule has 0 heterocycles. The highest BCUT2D eigenvalue weighted by molar-refractivity contribution is 4.94. The quantitative estimate of drug-likeness (QED) is 0.683. The van der Waals surface area contributed by atoms with Crippen LogP contribution < -0.4 is 5.73 Å². The van der Waals surface area contributed by atoms with E-state index in [1.165, 1.54) is 37.7 Å². The fraction of sp³-hybridized carbons (Fsp3) is 0.846. The van der Waals surface area contributed by atoms with Gasteiger partial charge in [0.15, 0.2) is 0 Å². The first-order chi connectivity index (χ1) is 6.63. The standard InChI is InChI=1S/C13H25N/c1-4-11-5-7-12(8-6-11)13(14)9-10(2)3/h11-13H,2,4-9,14H2,1,3H3. The van der Waals surface area contributed by atoms with Crippen LogP contribution in [0.2, 0.25) is 0 Å². The third-order valence-corrected chi connectivity index (χ3v) is 3.66. The Balaban J connectivity index is 2.30. The van der Waals surface area contributed by atoms with Crippen molar-refractivity contribution in [2.24, 2.45) is 17.6 Å². The zero-order valence-electron chi connectivity index (χ0n) is 9.76. The highest BCUT2D eigenvalue weighted by Crippen LogP contribution is 2.33. The predicted octanol–water partition coefficient (Wildman–Crippen LogP) is 3.50. The monoisotopic (exact) mass is 195 g/mol. The highest BCUT2D eigenvalue weighted by atomic mass is 14.6. The third-order valence-electron chi connectivity index (χ3n) is 3.66. The largest absolute Gasteiger partial charge is 0.327 e. The summed E-state index contributed by atoms with van der Waals surface area (Å²) >= 11 is 0. The summed E-state index contributed by atoms with van der Waals surface area (Å²) in [4.78, 5) is 0. The lowest BCUT2D eigenvalue weighted by atomic mass is 9.77. The van der Waals surface area contributed by atoms with Gasteiger partial charge in [0.2, 0.25) is 0 Å². The fourth-order valence-corrected chi connectivity index (χ4v) is 2.59. The molecule has 1 nitrogen and oxygen atoms in total. The molecule has 0 saturated heterocycles. The van der Waals surface area contributed by atoms with Crippen LogP contribution in [0.5, 0.6) is 0 Å². The van der Waals surface area contributed by atoms with Crippen LogP contribution in [0.25, 0.3) is 0 Å². The Labute approximate surface area is 88.8 Å². The molecular formula is C13H25N. The summed E-state index contributed by atoms with van der Waals surface area (Å²) < 4.78 is 0. The molecule has 0 aromatic heterocycles. The summed E-state index contributed by atoms with van der Waals surface area (Å²) in [7, 11) is 0. The second kappa shape index (κ2) is 5.55. The van der Waals surface area contributed by atoms with Gasteiger partial charge in [-0.25, -0.2) is 0 Å². The van der Waals surface area contributed by atoms with Crippen molar-refractivity contribution in [1.82, 2.24) is 0 Å². The van der Waals surface area contributed by atoms with E-state index in [9.17, 15) is 0 Å². The van der Waals surface area contributed by atoms with Crippen LogP contribution in [-0.2, 0) is 0 Å². The van der Waals surface area contributed by atoms with Gasteiger partial charge in [0.05, 0.1) is 0 Å². The Bertz CT molecular complexity index is 178. The Morgan fingerprint density at radius 1 is 1.36 bits per heavy atom. The van der Waals surface area contributed by atoms with Crippen molar-refractivity contribution in [2.75, 3.05) is 0 Å². The normalized spacial score (nSPS) is 29.9. The average molecular weight is 195 g/mol. The lowest BCUT2D eigenvalue weighted by Crippen LogP contribution is -2.33. The lowest BCUT2D eigenvalue weighted by Gasteiger charge is -2.31. The van der Waals surface area contributed by atoms with Crippen LogP contribution in [0.1, 0.15) is 52.4 Å². The van der Waals surface area contributed by atoms with Crippen molar-refractivity contribution < 1.29 is 0 Å². The molecule has 1 heteroatoms. The Hall–Kier alpha value is -0.300. The van der Waals surface area contributed by atoms with Crippen molar-refractivity contribution in [3.05, 3.63) is 12.2 Å². The van der Waals surface area contributed by atoms with E-state index in [4.69, 9.17) is 5.73 Å². The van der Waals surface area contributed by atoms with Crippen LogP contribution in [0.15, 0.2) is 12.2 Å². The van der Waals surface area contributed by atoms with E-state index in [2.05, 4.69) is 20.4 Å². The zero-order valence-corrected chi connectivity index (χ0v) is 9.76. The van der Waals surface area contributed by atoms with Gasteiger partial charge in [-0.2, -0.15) is 0 Å². The summed E-state index contributed by atoms with van der Waals surface area (Å²) in [6, 6.07) is 0.366. The zero-order chi connectivity index (χ0) is 10.6. The Morgan fingerprint density at radius 2 is 1.93 bits per heavy atom. The molecule has 82 valence electrons.